The number of benzene rings is 1. The van der Waals surface area contributed by atoms with Crippen molar-refractivity contribution < 1.29 is 4.74 Å². The number of fused-ring (bicyclic) bond motifs is 1. The van der Waals surface area contributed by atoms with Crippen LogP contribution in [0.15, 0.2) is 35.5 Å². The molecule has 25 heavy (non-hydrogen) atoms. The minimum Gasteiger partial charge on any atom is -0.484 e. The predicted molar refractivity (Wildman–Crippen MR) is 97.9 cm³/mol. The van der Waals surface area contributed by atoms with Crippen LogP contribution < -0.4 is 4.74 Å². The van der Waals surface area contributed by atoms with Crippen molar-refractivity contribution >= 4 is 29.7 Å². The van der Waals surface area contributed by atoms with Crippen LogP contribution in [0.4, 0.5) is 5.95 Å². The van der Waals surface area contributed by atoms with Crippen LogP contribution in [0.3, 0.4) is 0 Å². The number of halogens is 1. The number of nitrogens with zero attached hydrogens (tertiary/aromatic N) is 6. The van der Waals surface area contributed by atoms with Crippen molar-refractivity contribution in [1.29, 1.82) is 0 Å². The lowest BCUT2D eigenvalue weighted by atomic mass is 10.2. The first-order valence-electron chi connectivity index (χ1n) is 7.79. The Morgan fingerprint density at radius 2 is 2.12 bits per heavy atom. The van der Waals surface area contributed by atoms with Crippen molar-refractivity contribution in [2.24, 2.45) is 4.99 Å². The van der Waals surface area contributed by atoms with E-state index in [4.69, 9.17) is 16.3 Å². The van der Waals surface area contributed by atoms with E-state index in [2.05, 4.69) is 20.1 Å². The van der Waals surface area contributed by atoms with Gasteiger partial charge in [0, 0.05) is 25.3 Å². The van der Waals surface area contributed by atoms with Gasteiger partial charge in [0.2, 0.25) is 0 Å². The van der Waals surface area contributed by atoms with Crippen LogP contribution in [0.5, 0.6) is 5.75 Å². The molecule has 0 saturated carbocycles. The fraction of sp³-hybridized carbons (Fsp3) is 0.294. The number of aryl methyl sites for hydroxylation is 1. The SMILES string of the molecule is Cc1cc(Cl)ccc1OC(C)c1ccnc2nc(N=CN(C)C)nn12. The highest BCUT2D eigenvalue weighted by Gasteiger charge is 2.15. The monoisotopic (exact) mass is 358 g/mol. The maximum absolute atomic E-state index is 6.08. The molecule has 0 radical (unpaired) electrons. The molecule has 1 unspecified atom stereocenters. The summed E-state index contributed by atoms with van der Waals surface area (Å²) in [5.41, 5.74) is 1.80. The second-order valence-electron chi connectivity index (χ2n) is 5.87. The number of rotatable bonds is 5. The molecule has 0 aliphatic heterocycles. The maximum atomic E-state index is 6.08. The molecule has 0 spiro atoms. The molecule has 1 atom stereocenters. The Labute approximate surface area is 150 Å². The highest BCUT2D eigenvalue weighted by molar-refractivity contribution is 6.30. The Hall–Kier alpha value is -2.67. The molecule has 7 nitrogen and oxygen atoms in total. The zero-order valence-corrected chi connectivity index (χ0v) is 15.3. The van der Waals surface area contributed by atoms with E-state index in [1.54, 1.807) is 17.1 Å². The van der Waals surface area contributed by atoms with Crippen LogP contribution in [0.1, 0.15) is 24.3 Å². The molecule has 0 amide bonds. The summed E-state index contributed by atoms with van der Waals surface area (Å²) in [5, 5.41) is 5.09. The van der Waals surface area contributed by atoms with Crippen LogP contribution in [-0.4, -0.2) is 44.9 Å². The maximum Gasteiger partial charge on any atom is 0.272 e. The van der Waals surface area contributed by atoms with Gasteiger partial charge in [-0.3, -0.25) is 0 Å². The lowest BCUT2D eigenvalue weighted by molar-refractivity contribution is 0.217. The van der Waals surface area contributed by atoms with Crippen LogP contribution in [0, 0.1) is 6.92 Å². The predicted octanol–water partition coefficient (Wildman–Crippen LogP) is 3.45. The molecule has 8 heteroatoms. The highest BCUT2D eigenvalue weighted by Crippen LogP contribution is 2.27. The van der Waals surface area contributed by atoms with Crippen LogP contribution in [-0.2, 0) is 0 Å². The lowest BCUT2D eigenvalue weighted by Crippen LogP contribution is -2.10. The Morgan fingerprint density at radius 3 is 2.84 bits per heavy atom. The van der Waals surface area contributed by atoms with Gasteiger partial charge in [-0.05, 0) is 43.7 Å². The first-order valence-corrected chi connectivity index (χ1v) is 8.17. The molecule has 3 aromatic rings. The van der Waals surface area contributed by atoms with Gasteiger partial charge in [0.1, 0.15) is 11.9 Å². The normalized spacial score (nSPS) is 12.7. The fourth-order valence-corrected chi connectivity index (χ4v) is 2.55. The standard InChI is InChI=1S/C17H19ClN6O/c1-11-9-13(18)5-6-15(11)25-12(2)14-7-8-19-17-21-16(22-24(14)17)20-10-23(3)4/h5-10,12H,1-4H3. The zero-order chi connectivity index (χ0) is 18.0. The first-order chi connectivity index (χ1) is 11.9. The summed E-state index contributed by atoms with van der Waals surface area (Å²) >= 11 is 6.00. The molecular weight excluding hydrogens is 340 g/mol. The van der Waals surface area contributed by atoms with Gasteiger partial charge in [-0.1, -0.05) is 11.6 Å². The van der Waals surface area contributed by atoms with E-state index in [9.17, 15) is 0 Å². The van der Waals surface area contributed by atoms with Crippen LogP contribution >= 0.6 is 11.6 Å². The molecule has 0 saturated heterocycles. The summed E-state index contributed by atoms with van der Waals surface area (Å²) in [6, 6.07) is 7.40. The lowest BCUT2D eigenvalue weighted by Gasteiger charge is -2.17. The molecule has 1 aromatic carbocycles. The molecule has 3 rings (SSSR count). The van der Waals surface area contributed by atoms with E-state index in [0.717, 1.165) is 17.0 Å². The summed E-state index contributed by atoms with van der Waals surface area (Å²) in [6.45, 7) is 3.91. The van der Waals surface area contributed by atoms with E-state index in [1.165, 1.54) is 0 Å². The molecule has 2 aromatic heterocycles. The van der Waals surface area contributed by atoms with Crippen molar-refractivity contribution in [2.75, 3.05) is 14.1 Å². The van der Waals surface area contributed by atoms with Gasteiger partial charge >= 0.3 is 0 Å². The third-order valence-corrected chi connectivity index (χ3v) is 3.76. The van der Waals surface area contributed by atoms with E-state index >= 15 is 0 Å². The van der Waals surface area contributed by atoms with Crippen molar-refractivity contribution in [3.05, 3.63) is 46.7 Å². The molecule has 130 valence electrons. The Morgan fingerprint density at radius 1 is 1.32 bits per heavy atom. The molecule has 0 bridgehead atoms. The topological polar surface area (TPSA) is 67.9 Å². The number of hydrogen-bond acceptors (Lipinski definition) is 5. The summed E-state index contributed by atoms with van der Waals surface area (Å²) < 4.78 is 7.73. The first kappa shape index (κ1) is 17.2. The summed E-state index contributed by atoms with van der Waals surface area (Å²) in [6.07, 6.45) is 3.08. The number of aliphatic imine (C=N–C) groups is 1. The van der Waals surface area contributed by atoms with Crippen molar-refractivity contribution in [2.45, 2.75) is 20.0 Å². The Bertz CT molecular complexity index is 921. The van der Waals surface area contributed by atoms with Crippen molar-refractivity contribution in [3.63, 3.8) is 0 Å². The quantitative estimate of drug-likeness (QED) is 0.516. The van der Waals surface area contributed by atoms with Gasteiger partial charge in [0.05, 0.1) is 12.0 Å². The molecule has 0 N–H and O–H groups in total. The number of hydrogen-bond donors (Lipinski definition) is 0. The molecule has 0 aliphatic rings. The van der Waals surface area contributed by atoms with Gasteiger partial charge < -0.3 is 9.64 Å². The van der Waals surface area contributed by atoms with Crippen molar-refractivity contribution in [3.8, 4) is 5.75 Å². The molecular formula is C17H19ClN6O. The van der Waals surface area contributed by atoms with Gasteiger partial charge in [-0.2, -0.15) is 9.50 Å². The van der Waals surface area contributed by atoms with Gasteiger partial charge in [0.25, 0.3) is 11.7 Å². The number of aromatic nitrogens is 4. The Balaban J connectivity index is 1.91. The van der Waals surface area contributed by atoms with Crippen molar-refractivity contribution in [1.82, 2.24) is 24.5 Å². The minimum absolute atomic E-state index is 0.252. The third-order valence-electron chi connectivity index (χ3n) is 3.52. The zero-order valence-electron chi connectivity index (χ0n) is 14.5. The second kappa shape index (κ2) is 7.06. The fourth-order valence-electron chi connectivity index (χ4n) is 2.33. The second-order valence-corrected chi connectivity index (χ2v) is 6.31. The summed E-state index contributed by atoms with van der Waals surface area (Å²) in [4.78, 5) is 14.6. The smallest absolute Gasteiger partial charge is 0.272 e. The largest absolute Gasteiger partial charge is 0.484 e. The minimum atomic E-state index is -0.252. The Kier molecular flexibility index (Phi) is 4.85. The van der Waals surface area contributed by atoms with E-state index in [0.29, 0.717) is 16.7 Å². The van der Waals surface area contributed by atoms with Crippen LogP contribution in [0.2, 0.25) is 5.02 Å². The number of ether oxygens (including phenoxy) is 1. The van der Waals surface area contributed by atoms with E-state index < -0.39 is 0 Å². The van der Waals surface area contributed by atoms with Crippen LogP contribution in [0.25, 0.3) is 5.78 Å². The average molecular weight is 359 g/mol. The molecule has 0 aliphatic carbocycles. The van der Waals surface area contributed by atoms with Gasteiger partial charge in [0.15, 0.2) is 0 Å². The average Bonchev–Trinajstić information content (AvgIpc) is 2.98. The van der Waals surface area contributed by atoms with Gasteiger partial charge in [-0.25, -0.2) is 9.98 Å². The highest BCUT2D eigenvalue weighted by atomic mass is 35.5. The summed E-state index contributed by atoms with van der Waals surface area (Å²) in [7, 11) is 3.76. The van der Waals surface area contributed by atoms with E-state index in [1.807, 2.05) is 57.1 Å². The van der Waals surface area contributed by atoms with Gasteiger partial charge in [-0.15, -0.1) is 5.10 Å². The molecule has 2 heterocycles. The molecule has 0 fully saturated rings. The van der Waals surface area contributed by atoms with E-state index in [-0.39, 0.29) is 6.10 Å². The summed E-state index contributed by atoms with van der Waals surface area (Å²) in [5.74, 6) is 1.60. The third kappa shape index (κ3) is 3.88.